The first kappa shape index (κ1) is 59.6. The number of carbonyl (C=O) groups is 1. The van der Waals surface area contributed by atoms with E-state index in [0.717, 1.165) is 5.71 Å². The SMILES string of the molecule is C/C(N)=N/O.CC(=NCC(F)(F)F)NO.CCN=C(C)NO.CN=C(C)NO.CNC(=O)NN=C(C)C.Cn1cccn1.Cn1cncn1.[C-]#[N+]c1ccn(C)n1. The summed E-state index contributed by atoms with van der Waals surface area (Å²) in [7, 11) is 8.64. The quantitative estimate of drug-likeness (QED) is 0.0598. The smallest absolute Gasteiger partial charge is 0.408 e. The number of urea groups is 1. The number of hydroxylamine groups is 3. The standard InChI is InChI=1S/C5H11N3O.C5H5N3.C4H7F3N2O.C4H10N2O.C4H6N2.C3H5N3.C3H8N2O.C2H6N2O/c1-4(2)7-8-5(9)6-3;1-6-5-3-4-8(2)7-5;1-3(9-10)8-2-4(5,6)7;1-3-5-4(2)6-7;1-6-4-2-3-5-6;1-6-3-4-2-5-6;1-3(4-2)5-6;1-2(3)4-5/h1-3H3,(H2,6,8,9);3-4H,2H3;10H,2H2,1H3,(H,8,9);7H,3H2,1-2H3,(H,5,6);2-4H,1H3;2-3H,1H3;6H,1-2H3,(H,4,5);5H,1H3,(H2,3,4). The summed E-state index contributed by atoms with van der Waals surface area (Å²) < 4.78 is 39.0. The van der Waals surface area contributed by atoms with Crippen LogP contribution in [0.3, 0.4) is 0 Å². The van der Waals surface area contributed by atoms with Crippen LogP contribution in [0.15, 0.2) is 68.6 Å². The van der Waals surface area contributed by atoms with Gasteiger partial charge >= 0.3 is 12.2 Å². The molecule has 0 spiro atoms. The summed E-state index contributed by atoms with van der Waals surface area (Å²) in [6.45, 7) is 17.5. The Bertz CT molecular complexity index is 1530. The Hall–Kier alpha value is -6.66. The van der Waals surface area contributed by atoms with Crippen LogP contribution in [0.5, 0.6) is 0 Å². The summed E-state index contributed by atoms with van der Waals surface area (Å²) in [5.41, 5.74) is 13.1. The number of amides is 2. The molecular weight excluding hydrogens is 763 g/mol. The van der Waals surface area contributed by atoms with E-state index in [0.29, 0.717) is 24.0 Å². The number of halogens is 3. The number of nitrogens with zero attached hydrogens (tertiary/aromatic N) is 13. The molecule has 0 fully saturated rings. The molecule has 3 heterocycles. The highest BCUT2D eigenvalue weighted by atomic mass is 19.4. The van der Waals surface area contributed by atoms with Gasteiger partial charge in [-0.2, -0.15) is 28.5 Å². The van der Waals surface area contributed by atoms with Gasteiger partial charge in [0.05, 0.1) is 0 Å². The number of aryl methyl sites for hydroxylation is 3. The normalized spacial score (nSPS) is 10.3. The number of aromatic nitrogens is 7. The van der Waals surface area contributed by atoms with Crippen molar-refractivity contribution in [2.45, 2.75) is 54.6 Å². The summed E-state index contributed by atoms with van der Waals surface area (Å²) in [4.78, 5) is 27.5. The fourth-order valence-corrected chi connectivity index (χ4v) is 1.86. The van der Waals surface area contributed by atoms with Crippen LogP contribution in [0.1, 0.15) is 48.5 Å². The van der Waals surface area contributed by atoms with Crippen molar-refractivity contribution in [3.8, 4) is 0 Å². The molecule has 3 aromatic heterocycles. The van der Waals surface area contributed by atoms with Crippen LogP contribution in [0, 0.1) is 6.57 Å². The van der Waals surface area contributed by atoms with E-state index in [9.17, 15) is 18.0 Å². The lowest BCUT2D eigenvalue weighted by Crippen LogP contribution is -2.29. The van der Waals surface area contributed by atoms with Crippen molar-refractivity contribution in [1.29, 1.82) is 0 Å². The highest BCUT2D eigenvalue weighted by molar-refractivity contribution is 5.81. The molecule has 0 aliphatic rings. The molecule has 0 saturated heterocycles. The van der Waals surface area contributed by atoms with Gasteiger partial charge in [0.25, 0.3) is 5.82 Å². The minimum absolute atomic E-state index is 0.155. The van der Waals surface area contributed by atoms with E-state index in [1.807, 2.05) is 44.2 Å². The van der Waals surface area contributed by atoms with Gasteiger partial charge in [-0.3, -0.25) is 56.4 Å². The number of hydrogen-bond acceptors (Lipinski definition) is 14. The molecule has 0 bridgehead atoms. The van der Waals surface area contributed by atoms with E-state index < -0.39 is 12.7 Å². The average Bonchev–Trinajstić information content (AvgIpc) is 3.98. The lowest BCUT2D eigenvalue weighted by atomic mass is 10.5. The highest BCUT2D eigenvalue weighted by Gasteiger charge is 2.26. The number of aliphatic imine (C=N–C) groups is 3. The topological polar surface area (TPSA) is 317 Å². The predicted molar refractivity (Wildman–Crippen MR) is 211 cm³/mol. The molecule has 27 heteroatoms. The number of hydrazone groups is 1. The Morgan fingerprint density at radius 2 is 1.47 bits per heavy atom. The fourth-order valence-electron chi connectivity index (χ4n) is 1.86. The highest BCUT2D eigenvalue weighted by Crippen LogP contribution is 2.14. The first-order valence-corrected chi connectivity index (χ1v) is 15.9. The molecule has 3 aromatic rings. The molecule has 0 aromatic carbocycles. The zero-order chi connectivity index (χ0) is 45.2. The minimum atomic E-state index is -4.31. The number of nitrogens with two attached hydrogens (primary N) is 1. The van der Waals surface area contributed by atoms with Crippen molar-refractivity contribution in [3.05, 3.63) is 54.8 Å². The van der Waals surface area contributed by atoms with Crippen molar-refractivity contribution in [2.75, 3.05) is 27.2 Å². The van der Waals surface area contributed by atoms with Gasteiger partial charge in [-0.05, 0) is 65.7 Å². The molecule has 0 atom stereocenters. The summed E-state index contributed by atoms with van der Waals surface area (Å²) in [6.07, 6.45) is 4.21. The van der Waals surface area contributed by atoms with Crippen LogP contribution in [0.2, 0.25) is 0 Å². The first-order chi connectivity index (χ1) is 26.6. The average molecular weight is 822 g/mol. The van der Waals surface area contributed by atoms with E-state index in [-0.39, 0.29) is 17.7 Å². The maximum absolute atomic E-state index is 11.3. The molecule has 24 nitrogen and oxygen atoms in total. The number of rotatable bonds is 3. The Morgan fingerprint density at radius 1 is 0.930 bits per heavy atom. The van der Waals surface area contributed by atoms with E-state index >= 15 is 0 Å². The van der Waals surface area contributed by atoms with Crippen molar-refractivity contribution >= 4 is 40.9 Å². The van der Waals surface area contributed by atoms with Gasteiger partial charge < -0.3 is 21.1 Å². The van der Waals surface area contributed by atoms with Crippen LogP contribution in [-0.4, -0.2) is 124 Å². The van der Waals surface area contributed by atoms with Crippen LogP contribution in [-0.2, 0) is 21.1 Å². The molecule has 0 saturated carbocycles. The molecule has 0 unspecified atom stereocenters. The van der Waals surface area contributed by atoms with Crippen molar-refractivity contribution in [3.63, 3.8) is 0 Å². The summed E-state index contributed by atoms with van der Waals surface area (Å²) in [5.74, 6) is 1.56. The summed E-state index contributed by atoms with van der Waals surface area (Å²) in [5, 5.41) is 51.6. The molecule has 0 radical (unpaired) electrons. The zero-order valence-corrected chi connectivity index (χ0v) is 34.2. The van der Waals surface area contributed by atoms with Crippen molar-refractivity contribution in [2.24, 2.45) is 52.1 Å². The number of amidine groups is 4. The predicted octanol–water partition coefficient (Wildman–Crippen LogP) is 2.63. The second-order valence-corrected chi connectivity index (χ2v) is 9.92. The van der Waals surface area contributed by atoms with Gasteiger partial charge in [-0.15, -0.1) is 0 Å². The van der Waals surface area contributed by atoms with Gasteiger partial charge in [0, 0.05) is 66.1 Å². The third-order valence-electron chi connectivity index (χ3n) is 4.46. The Kier molecular flexibility index (Phi) is 42.4. The van der Waals surface area contributed by atoms with Crippen molar-refractivity contribution < 1.29 is 38.8 Å². The lowest BCUT2D eigenvalue weighted by molar-refractivity contribution is -0.118. The maximum atomic E-state index is 11.3. The van der Waals surface area contributed by atoms with E-state index in [2.05, 4.69) is 61.1 Å². The van der Waals surface area contributed by atoms with Gasteiger partial charge in [0.1, 0.15) is 42.5 Å². The van der Waals surface area contributed by atoms with Gasteiger partial charge in [-0.1, -0.05) is 11.7 Å². The largest absolute Gasteiger partial charge is 0.409 e. The molecule has 324 valence electrons. The van der Waals surface area contributed by atoms with E-state index in [1.165, 1.54) is 32.7 Å². The van der Waals surface area contributed by atoms with Gasteiger partial charge in [0.15, 0.2) is 0 Å². The second kappa shape index (κ2) is 40.5. The monoisotopic (exact) mass is 821 g/mol. The van der Waals surface area contributed by atoms with Crippen LogP contribution < -0.4 is 32.9 Å². The second-order valence-electron chi connectivity index (χ2n) is 9.92. The molecule has 0 aliphatic heterocycles. The third kappa shape index (κ3) is 56.2. The lowest BCUT2D eigenvalue weighted by Gasteiger charge is -2.01. The van der Waals surface area contributed by atoms with Crippen LogP contribution in [0.25, 0.3) is 4.85 Å². The fraction of sp³-hybridized carbons (Fsp3) is 0.500. The van der Waals surface area contributed by atoms with Crippen LogP contribution in [0.4, 0.5) is 23.8 Å². The molecule has 2 amide bonds. The van der Waals surface area contributed by atoms with Crippen molar-refractivity contribution in [1.82, 2.24) is 61.5 Å². The molecule has 0 aliphatic carbocycles. The van der Waals surface area contributed by atoms with Gasteiger partial charge in [-0.25, -0.2) is 19.9 Å². The first-order valence-electron chi connectivity index (χ1n) is 15.9. The van der Waals surface area contributed by atoms with E-state index in [4.69, 9.17) is 33.1 Å². The van der Waals surface area contributed by atoms with Gasteiger partial charge in [0.2, 0.25) is 0 Å². The van der Waals surface area contributed by atoms with E-state index in [1.54, 1.807) is 80.6 Å². The summed E-state index contributed by atoms with van der Waals surface area (Å²) in [6, 6.07) is 3.27. The minimum Gasteiger partial charge on any atom is -0.409 e. The number of hydrogen-bond donors (Lipinski definition) is 10. The number of oxime groups is 1. The third-order valence-corrected chi connectivity index (χ3v) is 4.46. The number of alkyl halides is 3. The Balaban J connectivity index is -0.000000182. The Morgan fingerprint density at radius 3 is 1.67 bits per heavy atom. The maximum Gasteiger partial charge on any atom is 0.408 e. The number of carbonyl (C=O) groups excluding carboxylic acids is 1. The number of nitrogens with one attached hydrogen (secondary N) is 5. The summed E-state index contributed by atoms with van der Waals surface area (Å²) >= 11 is 0. The van der Waals surface area contributed by atoms with Crippen LogP contribution >= 0.6 is 0 Å². The molecular formula is C30H58F3N19O5. The zero-order valence-electron chi connectivity index (χ0n) is 34.2. The Labute approximate surface area is 329 Å². The molecule has 11 N–H and O–H groups in total. The molecule has 57 heavy (non-hydrogen) atoms. The molecule has 3 rings (SSSR count).